The zero-order chi connectivity index (χ0) is 22.9. The predicted molar refractivity (Wildman–Crippen MR) is 125 cm³/mol. The highest BCUT2D eigenvalue weighted by molar-refractivity contribution is 7.99. The minimum atomic E-state index is -3.25. The Morgan fingerprint density at radius 1 is 1.13 bits per heavy atom. The van der Waals surface area contributed by atoms with Crippen LogP contribution in [-0.2, 0) is 14.6 Å². The Bertz CT molecular complexity index is 956. The second-order valence-corrected chi connectivity index (χ2v) is 10.9. The normalized spacial score (nSPS) is 11.6. The number of thioether (sulfide) groups is 1. The summed E-state index contributed by atoms with van der Waals surface area (Å²) < 4.78 is 30.1. The predicted octanol–water partition coefficient (Wildman–Crippen LogP) is 4.13. The molecule has 170 valence electrons. The average molecular weight is 466 g/mol. The number of hydrogen-bond acceptors (Lipinski definition) is 6. The zero-order valence-electron chi connectivity index (χ0n) is 18.3. The van der Waals surface area contributed by atoms with Crippen LogP contribution in [0, 0.1) is 6.92 Å². The molecular formula is C23H31NO5S2. The van der Waals surface area contributed by atoms with Gasteiger partial charge in [-0.05, 0) is 67.3 Å². The molecule has 8 heteroatoms. The molecule has 0 fully saturated rings. The van der Waals surface area contributed by atoms with E-state index in [1.54, 1.807) is 30.0 Å². The van der Waals surface area contributed by atoms with Crippen LogP contribution in [0.3, 0.4) is 0 Å². The zero-order valence-corrected chi connectivity index (χ0v) is 19.9. The fourth-order valence-corrected chi connectivity index (χ4v) is 5.16. The molecule has 0 heterocycles. The highest BCUT2D eigenvalue weighted by Gasteiger charge is 2.14. The maximum Gasteiger partial charge on any atom is 0.341 e. The number of aryl methyl sites for hydroxylation is 1. The molecule has 0 aliphatic heterocycles. The third kappa shape index (κ3) is 8.55. The monoisotopic (exact) mass is 465 g/mol. The van der Waals surface area contributed by atoms with Crippen molar-refractivity contribution in [3.8, 4) is 5.75 Å². The van der Waals surface area contributed by atoms with Gasteiger partial charge >= 0.3 is 5.97 Å². The fraction of sp³-hybridized carbons (Fsp3) is 0.435. The molecule has 0 radical (unpaired) electrons. The summed E-state index contributed by atoms with van der Waals surface area (Å²) in [5.41, 5.74) is 2.03. The molecule has 0 aromatic heterocycles. The highest BCUT2D eigenvalue weighted by atomic mass is 32.2. The summed E-state index contributed by atoms with van der Waals surface area (Å²) in [6.07, 6.45) is 0.563. The van der Waals surface area contributed by atoms with Gasteiger partial charge in [-0.1, -0.05) is 26.0 Å². The summed E-state index contributed by atoms with van der Waals surface area (Å²) in [4.78, 5) is 12.1. The first-order chi connectivity index (χ1) is 14.7. The van der Waals surface area contributed by atoms with Crippen molar-refractivity contribution < 1.29 is 23.1 Å². The number of hydrogen-bond donors (Lipinski definition) is 2. The summed E-state index contributed by atoms with van der Waals surface area (Å²) in [7, 11) is -3.25. The Kier molecular flexibility index (Phi) is 9.87. The molecule has 2 aromatic rings. The number of carbonyl (C=O) groups is 1. The molecule has 0 saturated heterocycles. The molecule has 0 atom stereocenters. The number of nitrogens with one attached hydrogen (secondary N) is 1. The lowest BCUT2D eigenvalue weighted by atomic mass is 10.0. The van der Waals surface area contributed by atoms with Crippen molar-refractivity contribution in [2.24, 2.45) is 0 Å². The van der Waals surface area contributed by atoms with Gasteiger partial charge in [0.15, 0.2) is 16.4 Å². The van der Waals surface area contributed by atoms with Gasteiger partial charge in [-0.15, -0.1) is 11.8 Å². The Morgan fingerprint density at radius 2 is 1.84 bits per heavy atom. The van der Waals surface area contributed by atoms with Gasteiger partial charge in [0.05, 0.1) is 10.6 Å². The third-order valence-electron chi connectivity index (χ3n) is 4.72. The van der Waals surface area contributed by atoms with Gasteiger partial charge in [0.2, 0.25) is 0 Å². The summed E-state index contributed by atoms with van der Waals surface area (Å²) in [6.45, 7) is 7.11. The third-order valence-corrected chi connectivity index (χ3v) is 7.53. The van der Waals surface area contributed by atoms with Crippen molar-refractivity contribution in [3.05, 3.63) is 53.6 Å². The Morgan fingerprint density at radius 3 is 2.45 bits per heavy atom. The van der Waals surface area contributed by atoms with E-state index >= 15 is 0 Å². The molecule has 2 aromatic carbocycles. The van der Waals surface area contributed by atoms with Gasteiger partial charge in [0.1, 0.15) is 5.75 Å². The first kappa shape index (κ1) is 25.2. The Labute approximate surface area is 189 Å². The van der Waals surface area contributed by atoms with Crippen molar-refractivity contribution in [1.29, 1.82) is 0 Å². The van der Waals surface area contributed by atoms with Crippen LogP contribution in [0.5, 0.6) is 5.75 Å². The molecule has 6 nitrogen and oxygen atoms in total. The summed E-state index contributed by atoms with van der Waals surface area (Å²) in [6, 6.07) is 12.8. The number of rotatable bonds is 13. The molecule has 31 heavy (non-hydrogen) atoms. The number of ether oxygens (including phenoxy) is 1. The lowest BCUT2D eigenvalue weighted by molar-refractivity contribution is -0.139. The topological polar surface area (TPSA) is 92.7 Å². The molecule has 0 unspecified atom stereocenters. The van der Waals surface area contributed by atoms with Gasteiger partial charge < -0.3 is 15.2 Å². The number of carboxylic acids is 1. The van der Waals surface area contributed by atoms with E-state index in [-0.39, 0.29) is 12.4 Å². The first-order valence-electron chi connectivity index (χ1n) is 10.3. The van der Waals surface area contributed by atoms with Gasteiger partial charge in [0, 0.05) is 17.2 Å². The lowest BCUT2D eigenvalue weighted by Gasteiger charge is -2.10. The number of benzene rings is 2. The maximum atomic E-state index is 12.5. The Hall–Kier alpha value is -2.03. The molecule has 0 saturated carbocycles. The molecule has 2 rings (SSSR count). The molecule has 2 N–H and O–H groups in total. The van der Waals surface area contributed by atoms with Crippen molar-refractivity contribution in [1.82, 2.24) is 5.32 Å². The second kappa shape index (κ2) is 12.1. The van der Waals surface area contributed by atoms with E-state index in [1.165, 1.54) is 0 Å². The molecule has 0 bridgehead atoms. The van der Waals surface area contributed by atoms with Crippen LogP contribution in [-0.4, -0.2) is 50.7 Å². The maximum absolute atomic E-state index is 12.5. The van der Waals surface area contributed by atoms with E-state index in [0.29, 0.717) is 29.5 Å². The fourth-order valence-electron chi connectivity index (χ4n) is 2.94. The molecular weight excluding hydrogens is 434 g/mol. The van der Waals surface area contributed by atoms with Crippen LogP contribution in [0.1, 0.15) is 37.3 Å². The summed E-state index contributed by atoms with van der Waals surface area (Å²) in [5.74, 6) is 0.931. The molecule has 0 aliphatic rings. The quantitative estimate of drug-likeness (QED) is 0.339. The van der Waals surface area contributed by atoms with Crippen molar-refractivity contribution in [2.45, 2.75) is 42.9 Å². The van der Waals surface area contributed by atoms with E-state index in [0.717, 1.165) is 28.3 Å². The van der Waals surface area contributed by atoms with E-state index in [9.17, 15) is 13.2 Å². The smallest absolute Gasteiger partial charge is 0.341 e. The van der Waals surface area contributed by atoms with Crippen molar-refractivity contribution >= 4 is 27.6 Å². The Balaban J connectivity index is 1.67. The van der Waals surface area contributed by atoms with Gasteiger partial charge in [0.25, 0.3) is 0 Å². The van der Waals surface area contributed by atoms with E-state index < -0.39 is 15.8 Å². The standard InChI is InChI=1S/C23H31NO5S2/c1-17(2)19-5-8-21(9-6-19)31(27,28)14-4-11-24-12-13-30-20-7-10-22(18(3)15-20)29-16-23(25)26/h5-10,15,17,24H,4,11-14,16H2,1-3H3,(H,25,26). The molecule has 0 amide bonds. The summed E-state index contributed by atoms with van der Waals surface area (Å²) >= 11 is 1.68. The largest absolute Gasteiger partial charge is 0.482 e. The average Bonchev–Trinajstić information content (AvgIpc) is 2.72. The van der Waals surface area contributed by atoms with Crippen molar-refractivity contribution in [3.63, 3.8) is 0 Å². The minimum Gasteiger partial charge on any atom is -0.482 e. The lowest BCUT2D eigenvalue weighted by Crippen LogP contribution is -2.21. The van der Waals surface area contributed by atoms with Gasteiger partial charge in [-0.25, -0.2) is 13.2 Å². The number of sulfone groups is 1. The molecule has 0 spiro atoms. The van der Waals surface area contributed by atoms with Crippen LogP contribution in [0.4, 0.5) is 0 Å². The van der Waals surface area contributed by atoms with Crippen LogP contribution in [0.2, 0.25) is 0 Å². The number of aliphatic carboxylic acids is 1. The van der Waals surface area contributed by atoms with Crippen molar-refractivity contribution in [2.75, 3.05) is 31.2 Å². The van der Waals surface area contributed by atoms with Crippen LogP contribution < -0.4 is 10.1 Å². The van der Waals surface area contributed by atoms with E-state index in [1.807, 2.05) is 31.2 Å². The van der Waals surface area contributed by atoms with Gasteiger partial charge in [-0.2, -0.15) is 0 Å². The van der Waals surface area contributed by atoms with Crippen LogP contribution in [0.25, 0.3) is 0 Å². The van der Waals surface area contributed by atoms with E-state index in [4.69, 9.17) is 9.84 Å². The SMILES string of the molecule is Cc1cc(SCCNCCCS(=O)(=O)c2ccc(C(C)C)cc2)ccc1OCC(=O)O. The second-order valence-electron chi connectivity index (χ2n) is 7.60. The first-order valence-corrected chi connectivity index (χ1v) is 12.9. The number of carboxylic acid groups (broad SMARTS) is 1. The highest BCUT2D eigenvalue weighted by Crippen LogP contribution is 2.25. The van der Waals surface area contributed by atoms with Crippen LogP contribution in [0.15, 0.2) is 52.3 Å². The van der Waals surface area contributed by atoms with E-state index in [2.05, 4.69) is 19.2 Å². The van der Waals surface area contributed by atoms with Gasteiger partial charge in [-0.3, -0.25) is 0 Å². The molecule has 0 aliphatic carbocycles. The van der Waals surface area contributed by atoms with Crippen LogP contribution >= 0.6 is 11.8 Å². The minimum absolute atomic E-state index is 0.130. The summed E-state index contributed by atoms with van der Waals surface area (Å²) in [5, 5.41) is 12.0.